The first-order chi connectivity index (χ1) is 15.1. The van der Waals surface area contributed by atoms with E-state index in [1.807, 2.05) is 37.5 Å². The minimum Gasteiger partial charge on any atom is -0.378 e. The predicted octanol–water partition coefficient (Wildman–Crippen LogP) is 4.39. The van der Waals surface area contributed by atoms with Gasteiger partial charge in [0.05, 0.1) is 37.2 Å². The van der Waals surface area contributed by atoms with Gasteiger partial charge in [0.15, 0.2) is 0 Å². The van der Waals surface area contributed by atoms with Crippen molar-refractivity contribution in [3.63, 3.8) is 0 Å². The summed E-state index contributed by atoms with van der Waals surface area (Å²) in [5.74, 6) is 1.59. The van der Waals surface area contributed by atoms with Crippen molar-refractivity contribution in [2.24, 2.45) is 0 Å². The van der Waals surface area contributed by atoms with Gasteiger partial charge in [-0.25, -0.2) is 15.0 Å². The van der Waals surface area contributed by atoms with Crippen LogP contribution in [-0.2, 0) is 11.3 Å². The van der Waals surface area contributed by atoms with E-state index in [0.29, 0.717) is 35.8 Å². The van der Waals surface area contributed by atoms with Crippen molar-refractivity contribution in [2.45, 2.75) is 13.5 Å². The van der Waals surface area contributed by atoms with Crippen molar-refractivity contribution in [3.8, 4) is 11.3 Å². The Balaban J connectivity index is 1.48. The fourth-order valence-electron chi connectivity index (χ4n) is 3.72. The lowest BCUT2D eigenvalue weighted by atomic mass is 10.2. The zero-order chi connectivity index (χ0) is 21.4. The summed E-state index contributed by atoms with van der Waals surface area (Å²) >= 11 is 12.6. The molecule has 1 saturated heterocycles. The molecule has 1 aliphatic rings. The van der Waals surface area contributed by atoms with Gasteiger partial charge in [-0.05, 0) is 36.8 Å². The van der Waals surface area contributed by atoms with E-state index in [-0.39, 0.29) is 0 Å². The summed E-state index contributed by atoms with van der Waals surface area (Å²) in [5, 5.41) is 1.33. The lowest BCUT2D eigenvalue weighted by Gasteiger charge is -2.26. The van der Waals surface area contributed by atoms with Gasteiger partial charge in [0.25, 0.3) is 0 Å². The number of ether oxygens (including phenoxy) is 1. The highest BCUT2D eigenvalue weighted by atomic mass is 35.5. The highest BCUT2D eigenvalue weighted by molar-refractivity contribution is 6.33. The molecule has 0 atom stereocenters. The van der Waals surface area contributed by atoms with Crippen LogP contribution in [0.25, 0.3) is 22.3 Å². The molecule has 0 N–H and O–H groups in total. The zero-order valence-electron chi connectivity index (χ0n) is 16.9. The number of benzene rings is 1. The number of hydrogen-bond donors (Lipinski definition) is 0. The number of morpholine rings is 1. The number of nitrogens with zero attached hydrogens (tertiary/aromatic N) is 6. The molecule has 0 saturated carbocycles. The van der Waals surface area contributed by atoms with Crippen molar-refractivity contribution >= 4 is 40.2 Å². The van der Waals surface area contributed by atoms with E-state index in [1.165, 1.54) is 0 Å². The first-order valence-corrected chi connectivity index (χ1v) is 10.8. The highest BCUT2D eigenvalue weighted by Crippen LogP contribution is 2.26. The molecule has 1 fully saturated rings. The maximum Gasteiger partial charge on any atom is 0.225 e. The van der Waals surface area contributed by atoms with Gasteiger partial charge in [0.1, 0.15) is 11.3 Å². The Bertz CT molecular complexity index is 1230. The number of anilines is 1. The third-order valence-electron chi connectivity index (χ3n) is 5.39. The molecule has 4 aromatic rings. The van der Waals surface area contributed by atoms with Crippen LogP contribution in [0.4, 0.5) is 5.95 Å². The molecule has 5 rings (SSSR count). The van der Waals surface area contributed by atoms with E-state index in [2.05, 4.69) is 29.4 Å². The maximum atomic E-state index is 6.39. The summed E-state index contributed by atoms with van der Waals surface area (Å²) in [4.78, 5) is 20.4. The average Bonchev–Trinajstić information content (AvgIpc) is 3.11. The first-order valence-electron chi connectivity index (χ1n) is 10.0. The maximum absolute atomic E-state index is 6.39. The van der Waals surface area contributed by atoms with Crippen LogP contribution in [0.2, 0.25) is 10.0 Å². The van der Waals surface area contributed by atoms with Gasteiger partial charge in [-0.1, -0.05) is 23.2 Å². The highest BCUT2D eigenvalue weighted by Gasteiger charge is 2.15. The summed E-state index contributed by atoms with van der Waals surface area (Å²) < 4.78 is 7.51. The number of aromatic nitrogens is 5. The molecule has 158 valence electrons. The summed E-state index contributed by atoms with van der Waals surface area (Å²) in [6, 6.07) is 7.50. The number of aryl methyl sites for hydroxylation is 1. The Morgan fingerprint density at radius 3 is 2.55 bits per heavy atom. The molecule has 1 aromatic carbocycles. The van der Waals surface area contributed by atoms with Crippen molar-refractivity contribution in [3.05, 3.63) is 64.3 Å². The van der Waals surface area contributed by atoms with Gasteiger partial charge < -0.3 is 14.2 Å². The van der Waals surface area contributed by atoms with Crippen LogP contribution >= 0.6 is 23.2 Å². The molecule has 0 radical (unpaired) electrons. The molecule has 9 heteroatoms. The number of rotatable bonds is 4. The SMILES string of the molecule is Cc1nc2cnc(-c3cnc(N4CCOCC4)nc3)cc2n1Cc1cc(Cl)ccc1Cl. The summed E-state index contributed by atoms with van der Waals surface area (Å²) in [5.41, 5.74) is 4.37. The van der Waals surface area contributed by atoms with Gasteiger partial charge in [-0.3, -0.25) is 4.98 Å². The van der Waals surface area contributed by atoms with Gasteiger partial charge in [0.2, 0.25) is 5.95 Å². The number of halogens is 2. The van der Waals surface area contributed by atoms with E-state index in [0.717, 1.165) is 46.8 Å². The Hall–Kier alpha value is -2.74. The minimum absolute atomic E-state index is 0.567. The third kappa shape index (κ3) is 4.08. The molecule has 0 bridgehead atoms. The van der Waals surface area contributed by atoms with Crippen LogP contribution in [0.1, 0.15) is 11.4 Å². The Morgan fingerprint density at radius 1 is 1.00 bits per heavy atom. The quantitative estimate of drug-likeness (QED) is 0.455. The normalized spacial score (nSPS) is 14.4. The summed E-state index contributed by atoms with van der Waals surface area (Å²) in [7, 11) is 0. The number of pyridine rings is 1. The second-order valence-corrected chi connectivity index (χ2v) is 8.25. The van der Waals surface area contributed by atoms with Gasteiger partial charge in [0, 0.05) is 41.1 Å². The van der Waals surface area contributed by atoms with E-state index >= 15 is 0 Å². The molecule has 0 unspecified atom stereocenters. The molecule has 0 aliphatic carbocycles. The second-order valence-electron chi connectivity index (χ2n) is 7.41. The summed E-state index contributed by atoms with van der Waals surface area (Å²) in [6.45, 7) is 5.53. The van der Waals surface area contributed by atoms with Crippen LogP contribution in [0.3, 0.4) is 0 Å². The molecular weight excluding hydrogens is 435 g/mol. The van der Waals surface area contributed by atoms with E-state index in [9.17, 15) is 0 Å². The Kier molecular flexibility index (Phi) is 5.48. The lowest BCUT2D eigenvalue weighted by Crippen LogP contribution is -2.37. The van der Waals surface area contributed by atoms with Gasteiger partial charge in [-0.2, -0.15) is 0 Å². The molecule has 0 amide bonds. The molecule has 7 nitrogen and oxygen atoms in total. The minimum atomic E-state index is 0.567. The monoisotopic (exact) mass is 454 g/mol. The van der Waals surface area contributed by atoms with Crippen LogP contribution < -0.4 is 4.90 Å². The summed E-state index contributed by atoms with van der Waals surface area (Å²) in [6.07, 6.45) is 5.41. The number of fused-ring (bicyclic) bond motifs is 1. The fraction of sp³-hybridized carbons (Fsp3) is 0.273. The van der Waals surface area contributed by atoms with Crippen LogP contribution in [0, 0.1) is 6.92 Å². The topological polar surface area (TPSA) is 69.0 Å². The molecule has 1 aliphatic heterocycles. The molecule has 4 heterocycles. The lowest BCUT2D eigenvalue weighted by molar-refractivity contribution is 0.122. The fourth-order valence-corrected chi connectivity index (χ4v) is 4.09. The Labute approximate surface area is 189 Å². The second kappa shape index (κ2) is 8.42. The van der Waals surface area contributed by atoms with Crippen molar-refractivity contribution < 1.29 is 4.74 Å². The van der Waals surface area contributed by atoms with E-state index in [4.69, 9.17) is 27.9 Å². The number of imidazole rings is 1. The van der Waals surface area contributed by atoms with E-state index < -0.39 is 0 Å². The first kappa shape index (κ1) is 20.2. The van der Waals surface area contributed by atoms with Crippen LogP contribution in [0.5, 0.6) is 0 Å². The van der Waals surface area contributed by atoms with Crippen LogP contribution in [-0.4, -0.2) is 50.8 Å². The van der Waals surface area contributed by atoms with Crippen molar-refractivity contribution in [2.75, 3.05) is 31.2 Å². The van der Waals surface area contributed by atoms with Gasteiger partial charge in [-0.15, -0.1) is 0 Å². The molecule has 3 aromatic heterocycles. The standard InChI is InChI=1S/C22H20Cl2N6O/c1-14-28-20-12-25-19(16-10-26-22(27-11-16)29-4-6-31-7-5-29)9-21(20)30(14)13-15-8-17(23)2-3-18(15)24/h2-3,8-12H,4-7,13H2,1H3. The van der Waals surface area contributed by atoms with Crippen LogP contribution in [0.15, 0.2) is 42.9 Å². The molecule has 0 spiro atoms. The Morgan fingerprint density at radius 2 is 1.77 bits per heavy atom. The molecule has 31 heavy (non-hydrogen) atoms. The van der Waals surface area contributed by atoms with Crippen molar-refractivity contribution in [1.29, 1.82) is 0 Å². The third-order valence-corrected chi connectivity index (χ3v) is 5.99. The smallest absolute Gasteiger partial charge is 0.225 e. The number of hydrogen-bond acceptors (Lipinski definition) is 6. The predicted molar refractivity (Wildman–Crippen MR) is 122 cm³/mol. The zero-order valence-corrected chi connectivity index (χ0v) is 18.4. The van der Waals surface area contributed by atoms with E-state index in [1.54, 1.807) is 12.3 Å². The molecular formula is C22H20Cl2N6O. The largest absolute Gasteiger partial charge is 0.378 e. The van der Waals surface area contributed by atoms with Crippen molar-refractivity contribution in [1.82, 2.24) is 24.5 Å². The average molecular weight is 455 g/mol. The van der Waals surface area contributed by atoms with Gasteiger partial charge >= 0.3 is 0 Å².